The molecule has 2 aliphatic rings. The quantitative estimate of drug-likeness (QED) is 0.546. The smallest absolute Gasteiger partial charge is 0.261 e. The standard InChI is InChI=1S/C21H26N6O3/c22-12-15(20-24-4-1-5-25-20)21(29)26-16-10-17-19(30-9-6-23-17)11-18(16)27-7-2-14(13-28)3-8-27/h1,4-5,10-12,14,23,28H,2-3,6-9,13,22H2,(H,26,29)/b15-12+. The van der Waals surface area contributed by atoms with Crippen LogP contribution in [0.1, 0.15) is 18.7 Å². The van der Waals surface area contributed by atoms with Crippen molar-refractivity contribution in [1.29, 1.82) is 0 Å². The number of hydrogen-bond acceptors (Lipinski definition) is 8. The van der Waals surface area contributed by atoms with E-state index in [9.17, 15) is 9.90 Å². The van der Waals surface area contributed by atoms with Crippen LogP contribution in [0, 0.1) is 5.92 Å². The summed E-state index contributed by atoms with van der Waals surface area (Å²) >= 11 is 0. The fourth-order valence-corrected chi connectivity index (χ4v) is 3.77. The van der Waals surface area contributed by atoms with Crippen molar-refractivity contribution in [1.82, 2.24) is 9.97 Å². The number of carbonyl (C=O) groups excluding carboxylic acids is 1. The summed E-state index contributed by atoms with van der Waals surface area (Å²) in [6.45, 7) is 3.09. The summed E-state index contributed by atoms with van der Waals surface area (Å²) in [6.07, 6.45) is 6.14. The maximum atomic E-state index is 13.0. The molecule has 1 saturated heterocycles. The van der Waals surface area contributed by atoms with Crippen LogP contribution in [0.2, 0.25) is 0 Å². The van der Waals surface area contributed by atoms with Gasteiger partial charge < -0.3 is 31.1 Å². The number of nitrogens with two attached hydrogens (primary N) is 1. The van der Waals surface area contributed by atoms with Crippen molar-refractivity contribution in [3.63, 3.8) is 0 Å². The normalized spacial score (nSPS) is 17.0. The number of nitrogens with one attached hydrogen (secondary N) is 2. The molecule has 158 valence electrons. The number of aromatic nitrogens is 2. The zero-order valence-corrected chi connectivity index (χ0v) is 16.7. The number of benzene rings is 1. The predicted molar refractivity (Wildman–Crippen MR) is 115 cm³/mol. The Hall–Kier alpha value is -3.33. The molecule has 0 spiro atoms. The molecule has 0 radical (unpaired) electrons. The Balaban J connectivity index is 1.63. The molecular weight excluding hydrogens is 384 g/mol. The zero-order valence-electron chi connectivity index (χ0n) is 16.7. The Labute approximate surface area is 175 Å². The predicted octanol–water partition coefficient (Wildman–Crippen LogP) is 1.43. The minimum atomic E-state index is -0.383. The van der Waals surface area contributed by atoms with E-state index in [0.29, 0.717) is 24.8 Å². The highest BCUT2D eigenvalue weighted by Crippen LogP contribution is 2.40. The van der Waals surface area contributed by atoms with Crippen LogP contribution in [0.4, 0.5) is 17.1 Å². The third kappa shape index (κ3) is 4.16. The molecule has 0 bridgehead atoms. The van der Waals surface area contributed by atoms with E-state index < -0.39 is 0 Å². The summed E-state index contributed by atoms with van der Waals surface area (Å²) in [6, 6.07) is 5.53. The average Bonchev–Trinajstić information content (AvgIpc) is 2.80. The van der Waals surface area contributed by atoms with Crippen molar-refractivity contribution in [2.24, 2.45) is 11.7 Å². The summed E-state index contributed by atoms with van der Waals surface area (Å²) in [4.78, 5) is 23.5. The minimum Gasteiger partial charge on any atom is -0.490 e. The molecule has 1 fully saturated rings. The number of rotatable bonds is 5. The molecule has 3 heterocycles. The SMILES string of the molecule is N/C=C(/C(=O)Nc1cc2c(cc1N1CCC(CO)CC1)OCCN2)c1ncccn1. The monoisotopic (exact) mass is 410 g/mol. The van der Waals surface area contributed by atoms with Crippen LogP contribution in [-0.2, 0) is 4.79 Å². The van der Waals surface area contributed by atoms with Crippen molar-refractivity contribution in [3.05, 3.63) is 42.6 Å². The highest BCUT2D eigenvalue weighted by Gasteiger charge is 2.25. The number of piperidine rings is 1. The molecular formula is C21H26N6O3. The van der Waals surface area contributed by atoms with E-state index in [-0.39, 0.29) is 23.9 Å². The maximum Gasteiger partial charge on any atom is 0.261 e. The fourth-order valence-electron chi connectivity index (χ4n) is 3.77. The van der Waals surface area contributed by atoms with Crippen molar-refractivity contribution in [3.8, 4) is 5.75 Å². The first kappa shape index (κ1) is 20.0. The van der Waals surface area contributed by atoms with Crippen molar-refractivity contribution >= 4 is 28.5 Å². The third-order valence-electron chi connectivity index (χ3n) is 5.45. The van der Waals surface area contributed by atoms with E-state index in [2.05, 4.69) is 25.5 Å². The summed E-state index contributed by atoms with van der Waals surface area (Å²) in [5, 5.41) is 15.7. The second-order valence-electron chi connectivity index (χ2n) is 7.36. The Kier molecular flexibility index (Phi) is 5.99. The Morgan fingerprint density at radius 3 is 2.80 bits per heavy atom. The molecule has 2 aliphatic heterocycles. The average molecular weight is 410 g/mol. The van der Waals surface area contributed by atoms with E-state index in [1.807, 2.05) is 12.1 Å². The second-order valence-corrected chi connectivity index (χ2v) is 7.36. The van der Waals surface area contributed by atoms with Gasteiger partial charge >= 0.3 is 0 Å². The number of nitrogens with zero attached hydrogens (tertiary/aromatic N) is 3. The lowest BCUT2D eigenvalue weighted by molar-refractivity contribution is -0.111. The topological polar surface area (TPSA) is 126 Å². The van der Waals surface area contributed by atoms with Gasteiger partial charge in [-0.1, -0.05) is 0 Å². The number of amides is 1. The van der Waals surface area contributed by atoms with Crippen LogP contribution < -0.4 is 26.0 Å². The highest BCUT2D eigenvalue weighted by molar-refractivity contribution is 6.25. The molecule has 0 unspecified atom stereocenters. The lowest BCUT2D eigenvalue weighted by Gasteiger charge is -2.35. The number of aliphatic hydroxyl groups is 1. The molecule has 9 heteroatoms. The van der Waals surface area contributed by atoms with E-state index >= 15 is 0 Å². The second kappa shape index (κ2) is 9.00. The first-order chi connectivity index (χ1) is 14.7. The van der Waals surface area contributed by atoms with Gasteiger partial charge in [0.05, 0.1) is 22.6 Å². The maximum absolute atomic E-state index is 13.0. The number of anilines is 3. The Morgan fingerprint density at radius 2 is 2.10 bits per heavy atom. The van der Waals surface area contributed by atoms with Gasteiger partial charge in [-0.15, -0.1) is 0 Å². The molecule has 0 aliphatic carbocycles. The van der Waals surface area contributed by atoms with Gasteiger partial charge in [0.15, 0.2) is 5.82 Å². The summed E-state index contributed by atoms with van der Waals surface area (Å²) in [5.41, 5.74) is 8.29. The van der Waals surface area contributed by atoms with Gasteiger partial charge in [0.25, 0.3) is 5.91 Å². The van der Waals surface area contributed by atoms with Crippen LogP contribution in [0.15, 0.2) is 36.8 Å². The molecule has 9 nitrogen and oxygen atoms in total. The molecule has 1 aromatic carbocycles. The molecule has 2 aromatic rings. The molecule has 5 N–H and O–H groups in total. The number of aliphatic hydroxyl groups excluding tert-OH is 1. The number of ether oxygens (including phenoxy) is 1. The minimum absolute atomic E-state index is 0.197. The van der Waals surface area contributed by atoms with Crippen LogP contribution >= 0.6 is 0 Å². The van der Waals surface area contributed by atoms with Crippen molar-refractivity contribution in [2.75, 3.05) is 48.4 Å². The molecule has 4 rings (SSSR count). The van der Waals surface area contributed by atoms with Gasteiger partial charge in [0, 0.05) is 50.9 Å². The fraction of sp³-hybridized carbons (Fsp3) is 0.381. The molecule has 30 heavy (non-hydrogen) atoms. The van der Waals surface area contributed by atoms with Gasteiger partial charge in [0.2, 0.25) is 0 Å². The Morgan fingerprint density at radius 1 is 1.33 bits per heavy atom. The summed E-state index contributed by atoms with van der Waals surface area (Å²) in [5.74, 6) is 0.963. The largest absolute Gasteiger partial charge is 0.490 e. The molecule has 1 amide bonds. The molecule has 0 saturated carbocycles. The van der Waals surface area contributed by atoms with Gasteiger partial charge in [-0.25, -0.2) is 9.97 Å². The lowest BCUT2D eigenvalue weighted by atomic mass is 9.97. The molecule has 1 aromatic heterocycles. The number of fused-ring (bicyclic) bond motifs is 1. The van der Waals surface area contributed by atoms with Gasteiger partial charge in [0.1, 0.15) is 12.4 Å². The first-order valence-electron chi connectivity index (χ1n) is 10.1. The van der Waals surface area contributed by atoms with Crippen LogP contribution in [0.3, 0.4) is 0 Å². The van der Waals surface area contributed by atoms with Gasteiger partial charge in [-0.2, -0.15) is 0 Å². The Bertz CT molecular complexity index is 926. The van der Waals surface area contributed by atoms with Crippen molar-refractivity contribution < 1.29 is 14.6 Å². The van der Waals surface area contributed by atoms with E-state index in [4.69, 9.17) is 10.5 Å². The number of hydrogen-bond donors (Lipinski definition) is 4. The van der Waals surface area contributed by atoms with Crippen LogP contribution in [-0.4, -0.2) is 53.8 Å². The van der Waals surface area contributed by atoms with E-state index in [1.165, 1.54) is 6.20 Å². The number of carbonyl (C=O) groups is 1. The van der Waals surface area contributed by atoms with Crippen LogP contribution in [0.5, 0.6) is 5.75 Å². The van der Waals surface area contributed by atoms with Gasteiger partial charge in [-0.3, -0.25) is 4.79 Å². The first-order valence-corrected chi connectivity index (χ1v) is 10.1. The third-order valence-corrected chi connectivity index (χ3v) is 5.45. The zero-order chi connectivity index (χ0) is 20.9. The van der Waals surface area contributed by atoms with Crippen LogP contribution in [0.25, 0.3) is 5.57 Å². The highest BCUT2D eigenvalue weighted by atomic mass is 16.5. The lowest BCUT2D eigenvalue weighted by Crippen LogP contribution is -2.35. The molecule has 0 atom stereocenters. The van der Waals surface area contributed by atoms with E-state index in [1.54, 1.807) is 18.5 Å². The summed E-state index contributed by atoms with van der Waals surface area (Å²) in [7, 11) is 0. The van der Waals surface area contributed by atoms with Gasteiger partial charge in [-0.05, 0) is 30.9 Å². The van der Waals surface area contributed by atoms with E-state index in [0.717, 1.165) is 43.1 Å². The van der Waals surface area contributed by atoms with Crippen molar-refractivity contribution in [2.45, 2.75) is 12.8 Å². The summed E-state index contributed by atoms with van der Waals surface area (Å²) < 4.78 is 5.80.